The number of halogens is 1. The highest BCUT2D eigenvalue weighted by atomic mass is 35.5. The van der Waals surface area contributed by atoms with Crippen LogP contribution >= 0.6 is 11.8 Å². The number of rotatable bonds is 3. The van der Waals surface area contributed by atoms with Crippen LogP contribution in [0, 0.1) is 0 Å². The molecule has 0 aromatic carbocycles. The van der Waals surface area contributed by atoms with Crippen LogP contribution in [0.25, 0.3) is 0 Å². The number of nitrogens with one attached hydrogen (secondary N) is 2. The van der Waals surface area contributed by atoms with Crippen molar-refractivity contribution in [2.75, 3.05) is 6.54 Å². The summed E-state index contributed by atoms with van der Waals surface area (Å²) in [6.07, 6.45) is 4.36. The number of hydrogen-bond donors (Lipinski definition) is 2. The predicted molar refractivity (Wildman–Crippen MR) is 36.1 cm³/mol. The third kappa shape index (κ3) is 2.03. The molecule has 0 aliphatic carbocycles. The lowest BCUT2D eigenvalue weighted by atomic mass is 10.4. The van der Waals surface area contributed by atoms with Crippen molar-refractivity contribution < 1.29 is 0 Å². The Bertz CT molecular complexity index is 149. The maximum Gasteiger partial charge on any atom is 0.107 e. The SMILES string of the molecule is ClNCCc1ncc[nH]1. The summed E-state index contributed by atoms with van der Waals surface area (Å²) in [5.41, 5.74) is 0. The zero-order chi connectivity index (χ0) is 6.53. The van der Waals surface area contributed by atoms with Crippen molar-refractivity contribution in [2.24, 2.45) is 0 Å². The molecule has 50 valence electrons. The van der Waals surface area contributed by atoms with E-state index in [0.717, 1.165) is 18.8 Å². The molecule has 0 spiro atoms. The summed E-state index contributed by atoms with van der Waals surface area (Å²) in [5.74, 6) is 0.961. The number of aromatic amines is 1. The maximum absolute atomic E-state index is 5.23. The van der Waals surface area contributed by atoms with E-state index >= 15 is 0 Å². The molecule has 0 radical (unpaired) electrons. The van der Waals surface area contributed by atoms with Gasteiger partial charge in [-0.1, -0.05) is 0 Å². The van der Waals surface area contributed by atoms with E-state index in [0.29, 0.717) is 0 Å². The summed E-state index contributed by atoms with van der Waals surface area (Å²) in [6, 6.07) is 0. The molecule has 1 aromatic rings. The van der Waals surface area contributed by atoms with Crippen LogP contribution < -0.4 is 4.84 Å². The fourth-order valence-corrected chi connectivity index (χ4v) is 0.695. The van der Waals surface area contributed by atoms with Gasteiger partial charge in [0.1, 0.15) is 5.82 Å². The Labute approximate surface area is 58.6 Å². The molecule has 0 fully saturated rings. The molecule has 0 amide bonds. The van der Waals surface area contributed by atoms with E-state index in [2.05, 4.69) is 14.8 Å². The lowest BCUT2D eigenvalue weighted by Crippen LogP contribution is -2.05. The Morgan fingerprint density at radius 3 is 3.22 bits per heavy atom. The Kier molecular flexibility index (Phi) is 2.54. The topological polar surface area (TPSA) is 40.7 Å². The van der Waals surface area contributed by atoms with E-state index in [1.54, 1.807) is 12.4 Å². The molecule has 3 nitrogen and oxygen atoms in total. The van der Waals surface area contributed by atoms with Crippen molar-refractivity contribution in [3.63, 3.8) is 0 Å². The average molecular weight is 146 g/mol. The Hall–Kier alpha value is -0.540. The molecule has 2 N–H and O–H groups in total. The van der Waals surface area contributed by atoms with Gasteiger partial charge in [-0.25, -0.2) is 9.82 Å². The third-order valence-electron chi connectivity index (χ3n) is 1.01. The molecule has 0 aliphatic rings. The zero-order valence-corrected chi connectivity index (χ0v) is 5.65. The van der Waals surface area contributed by atoms with Crippen molar-refractivity contribution in [1.29, 1.82) is 0 Å². The van der Waals surface area contributed by atoms with Gasteiger partial charge in [-0.05, 0) is 11.8 Å². The van der Waals surface area contributed by atoms with Crippen LogP contribution in [0.1, 0.15) is 5.82 Å². The minimum atomic E-state index is 0.745. The van der Waals surface area contributed by atoms with Crippen molar-refractivity contribution in [3.05, 3.63) is 18.2 Å². The summed E-state index contributed by atoms with van der Waals surface area (Å²) in [6.45, 7) is 0.745. The van der Waals surface area contributed by atoms with Gasteiger partial charge >= 0.3 is 0 Å². The van der Waals surface area contributed by atoms with Crippen LogP contribution in [0.3, 0.4) is 0 Å². The lowest BCUT2D eigenvalue weighted by molar-refractivity contribution is 0.847. The van der Waals surface area contributed by atoms with Crippen LogP contribution in [0.2, 0.25) is 0 Å². The van der Waals surface area contributed by atoms with E-state index in [4.69, 9.17) is 11.8 Å². The molecule has 4 heteroatoms. The summed E-state index contributed by atoms with van der Waals surface area (Å²) in [5, 5.41) is 0. The highest BCUT2D eigenvalue weighted by Gasteiger charge is 1.90. The summed E-state index contributed by atoms with van der Waals surface area (Å²) in [4.78, 5) is 9.48. The second kappa shape index (κ2) is 3.48. The highest BCUT2D eigenvalue weighted by Crippen LogP contribution is 1.87. The molecule has 0 aliphatic heterocycles. The quantitative estimate of drug-likeness (QED) is 0.615. The van der Waals surface area contributed by atoms with Gasteiger partial charge in [-0.15, -0.1) is 0 Å². The van der Waals surface area contributed by atoms with Gasteiger partial charge in [-0.2, -0.15) is 0 Å². The summed E-state index contributed by atoms with van der Waals surface area (Å²) < 4.78 is 0. The molecule has 1 aromatic heterocycles. The van der Waals surface area contributed by atoms with Crippen LogP contribution in [0.5, 0.6) is 0 Å². The van der Waals surface area contributed by atoms with Crippen LogP contribution in [0.4, 0.5) is 0 Å². The van der Waals surface area contributed by atoms with Gasteiger partial charge in [0.05, 0.1) is 0 Å². The Morgan fingerprint density at radius 2 is 2.67 bits per heavy atom. The molecule has 1 heterocycles. The second-order valence-electron chi connectivity index (χ2n) is 1.67. The molecule has 0 bridgehead atoms. The fourth-order valence-electron chi connectivity index (χ4n) is 0.600. The van der Waals surface area contributed by atoms with Crippen molar-refractivity contribution in [1.82, 2.24) is 14.8 Å². The Morgan fingerprint density at radius 1 is 1.78 bits per heavy atom. The lowest BCUT2D eigenvalue weighted by Gasteiger charge is -1.90. The largest absolute Gasteiger partial charge is 0.349 e. The van der Waals surface area contributed by atoms with Gasteiger partial charge < -0.3 is 4.98 Å². The van der Waals surface area contributed by atoms with E-state index in [9.17, 15) is 0 Å². The average Bonchev–Trinajstić information content (AvgIpc) is 2.34. The van der Waals surface area contributed by atoms with E-state index < -0.39 is 0 Å². The number of aromatic nitrogens is 2. The van der Waals surface area contributed by atoms with Crippen molar-refractivity contribution in [3.8, 4) is 0 Å². The monoisotopic (exact) mass is 145 g/mol. The number of hydrogen-bond acceptors (Lipinski definition) is 2. The first kappa shape index (κ1) is 6.58. The van der Waals surface area contributed by atoms with Crippen molar-refractivity contribution >= 4 is 11.8 Å². The molecular formula is C5H8ClN3. The summed E-state index contributed by atoms with van der Waals surface area (Å²) >= 11 is 5.23. The smallest absolute Gasteiger partial charge is 0.107 e. The normalized spacial score (nSPS) is 9.89. The molecule has 0 unspecified atom stereocenters. The molecule has 0 atom stereocenters. The van der Waals surface area contributed by atoms with Gasteiger partial charge in [0.25, 0.3) is 0 Å². The molecule has 1 rings (SSSR count). The van der Waals surface area contributed by atoms with Crippen LogP contribution in [-0.4, -0.2) is 16.5 Å². The van der Waals surface area contributed by atoms with Crippen LogP contribution in [-0.2, 0) is 6.42 Å². The predicted octanol–water partition coefficient (Wildman–Crippen LogP) is 0.696. The molecular weight excluding hydrogens is 138 g/mol. The first-order valence-electron chi connectivity index (χ1n) is 2.75. The van der Waals surface area contributed by atoms with Gasteiger partial charge in [0, 0.05) is 25.4 Å². The van der Waals surface area contributed by atoms with E-state index in [1.807, 2.05) is 0 Å². The highest BCUT2D eigenvalue weighted by molar-refractivity contribution is 6.13. The second-order valence-corrected chi connectivity index (χ2v) is 1.94. The summed E-state index contributed by atoms with van der Waals surface area (Å²) in [7, 11) is 0. The van der Waals surface area contributed by atoms with Gasteiger partial charge in [0.15, 0.2) is 0 Å². The van der Waals surface area contributed by atoms with Crippen molar-refractivity contribution in [2.45, 2.75) is 6.42 Å². The molecule has 0 saturated carbocycles. The zero-order valence-electron chi connectivity index (χ0n) is 4.89. The maximum atomic E-state index is 5.23. The van der Waals surface area contributed by atoms with E-state index in [-0.39, 0.29) is 0 Å². The standard InChI is InChI=1S/C5H8ClN3/c6-9-2-1-5-7-3-4-8-5/h3-4,9H,1-2H2,(H,7,8). The minimum Gasteiger partial charge on any atom is -0.349 e. The van der Waals surface area contributed by atoms with Gasteiger partial charge in [-0.3, -0.25) is 0 Å². The van der Waals surface area contributed by atoms with E-state index in [1.165, 1.54) is 0 Å². The molecule has 9 heavy (non-hydrogen) atoms. The first-order chi connectivity index (χ1) is 4.43. The van der Waals surface area contributed by atoms with Crippen LogP contribution in [0.15, 0.2) is 12.4 Å². The first-order valence-corrected chi connectivity index (χ1v) is 3.13. The molecule has 0 saturated heterocycles. The number of H-pyrrole nitrogens is 1. The minimum absolute atomic E-state index is 0.745. The van der Waals surface area contributed by atoms with Gasteiger partial charge in [0.2, 0.25) is 0 Å². The number of nitrogens with zero attached hydrogens (tertiary/aromatic N) is 1. The fraction of sp³-hybridized carbons (Fsp3) is 0.400. The Balaban J connectivity index is 2.30. The third-order valence-corrected chi connectivity index (χ3v) is 1.20. The number of imidazole rings is 1.